The second kappa shape index (κ2) is 9.69. The van der Waals surface area contributed by atoms with Gasteiger partial charge in [-0.05, 0) is 48.9 Å². The Kier molecular flexibility index (Phi) is 6.91. The summed E-state index contributed by atoms with van der Waals surface area (Å²) in [4.78, 5) is 14.9. The van der Waals surface area contributed by atoms with Crippen LogP contribution in [0.1, 0.15) is 43.7 Å². The van der Waals surface area contributed by atoms with Gasteiger partial charge in [0.05, 0.1) is 0 Å². The van der Waals surface area contributed by atoms with Crippen LogP contribution in [-0.4, -0.2) is 44.7 Å². The smallest absolute Gasteiger partial charge is 0.285 e. The Labute approximate surface area is 200 Å². The zero-order valence-electron chi connectivity index (χ0n) is 18.8. The SMILES string of the molecule is CC1=C(c2ccc(Cl)cc2)S(=O)(=O)N=C1N1CCC(C(=O)NC[C@H](C)c2ccccc2)CC1. The van der Waals surface area contributed by atoms with Gasteiger partial charge in [0.1, 0.15) is 10.7 Å². The Morgan fingerprint density at radius 2 is 1.76 bits per heavy atom. The van der Waals surface area contributed by atoms with Crippen LogP contribution < -0.4 is 5.32 Å². The second-order valence-electron chi connectivity index (χ2n) is 8.67. The van der Waals surface area contributed by atoms with Gasteiger partial charge in [0, 0.05) is 36.1 Å². The summed E-state index contributed by atoms with van der Waals surface area (Å²) in [6, 6.07) is 16.9. The van der Waals surface area contributed by atoms with E-state index in [0.717, 1.165) is 0 Å². The van der Waals surface area contributed by atoms with Crippen molar-refractivity contribution in [2.24, 2.45) is 10.3 Å². The number of halogens is 1. The van der Waals surface area contributed by atoms with Crippen molar-refractivity contribution in [2.45, 2.75) is 32.6 Å². The summed E-state index contributed by atoms with van der Waals surface area (Å²) in [5.74, 6) is 0.708. The molecule has 0 spiro atoms. The Morgan fingerprint density at radius 3 is 2.39 bits per heavy atom. The monoisotopic (exact) mass is 485 g/mol. The molecule has 1 amide bonds. The van der Waals surface area contributed by atoms with E-state index in [4.69, 9.17) is 11.6 Å². The minimum Gasteiger partial charge on any atom is -0.356 e. The number of hydrogen-bond donors (Lipinski definition) is 1. The number of nitrogens with zero attached hydrogens (tertiary/aromatic N) is 2. The van der Waals surface area contributed by atoms with Crippen LogP contribution in [-0.2, 0) is 14.8 Å². The Bertz CT molecular complexity index is 1180. The number of hydrogen-bond acceptors (Lipinski definition) is 4. The summed E-state index contributed by atoms with van der Waals surface area (Å²) >= 11 is 5.95. The van der Waals surface area contributed by atoms with Crippen molar-refractivity contribution in [1.29, 1.82) is 0 Å². The van der Waals surface area contributed by atoms with Gasteiger partial charge < -0.3 is 10.2 Å². The quantitative estimate of drug-likeness (QED) is 0.678. The van der Waals surface area contributed by atoms with Crippen LogP contribution in [0.4, 0.5) is 0 Å². The summed E-state index contributed by atoms with van der Waals surface area (Å²) in [5.41, 5.74) is 2.42. The van der Waals surface area contributed by atoms with E-state index in [0.29, 0.717) is 54.5 Å². The first-order valence-corrected chi connectivity index (χ1v) is 13.0. The first-order valence-electron chi connectivity index (χ1n) is 11.2. The van der Waals surface area contributed by atoms with Crippen molar-refractivity contribution in [3.05, 3.63) is 76.3 Å². The Balaban J connectivity index is 1.37. The number of amides is 1. The van der Waals surface area contributed by atoms with Gasteiger partial charge in [-0.2, -0.15) is 8.42 Å². The first kappa shape index (κ1) is 23.5. The molecule has 0 unspecified atom stereocenters. The van der Waals surface area contributed by atoms with Crippen LogP contribution in [0.2, 0.25) is 5.02 Å². The average Bonchev–Trinajstić information content (AvgIpc) is 3.07. The number of carbonyl (C=O) groups is 1. The summed E-state index contributed by atoms with van der Waals surface area (Å²) < 4.78 is 29.6. The van der Waals surface area contributed by atoms with Crippen molar-refractivity contribution in [2.75, 3.05) is 19.6 Å². The normalized spacial score (nSPS) is 19.4. The summed E-state index contributed by atoms with van der Waals surface area (Å²) in [7, 11) is -3.77. The fourth-order valence-electron chi connectivity index (χ4n) is 4.44. The van der Waals surface area contributed by atoms with Gasteiger partial charge >= 0.3 is 0 Å². The molecule has 2 heterocycles. The van der Waals surface area contributed by atoms with Crippen LogP contribution in [0, 0.1) is 5.92 Å². The van der Waals surface area contributed by atoms with Crippen molar-refractivity contribution in [3.8, 4) is 0 Å². The molecule has 33 heavy (non-hydrogen) atoms. The fourth-order valence-corrected chi connectivity index (χ4v) is 6.04. The predicted octanol–water partition coefficient (Wildman–Crippen LogP) is 4.44. The van der Waals surface area contributed by atoms with Gasteiger partial charge in [-0.15, -0.1) is 4.40 Å². The number of nitrogens with one attached hydrogen (secondary N) is 1. The zero-order chi connectivity index (χ0) is 23.6. The number of likely N-dealkylation sites (tertiary alicyclic amines) is 1. The van der Waals surface area contributed by atoms with Crippen LogP contribution in [0.15, 0.2) is 64.6 Å². The largest absolute Gasteiger partial charge is 0.356 e. The molecule has 1 fully saturated rings. The topological polar surface area (TPSA) is 78.8 Å². The van der Waals surface area contributed by atoms with Crippen LogP contribution in [0.3, 0.4) is 0 Å². The molecule has 0 radical (unpaired) electrons. The van der Waals surface area contributed by atoms with E-state index >= 15 is 0 Å². The minimum absolute atomic E-state index is 0.0625. The highest BCUT2D eigenvalue weighted by atomic mass is 35.5. The maximum absolute atomic E-state index is 12.8. The maximum atomic E-state index is 12.8. The molecule has 2 aromatic carbocycles. The molecule has 8 heteroatoms. The molecular formula is C25H28ClN3O3S. The summed E-state index contributed by atoms with van der Waals surface area (Å²) in [5, 5.41) is 3.63. The standard InChI is InChI=1S/C25H28ClN3O3S/c1-17(19-6-4-3-5-7-19)16-27-25(30)21-12-14-29(15-13-21)24-18(2)23(33(31,32)28-24)20-8-10-22(26)11-9-20/h3-11,17,21H,12-16H2,1-2H3,(H,27,30)/t17-/m0/s1. The van der Waals surface area contributed by atoms with E-state index in [1.165, 1.54) is 5.56 Å². The molecule has 2 aromatic rings. The lowest BCUT2D eigenvalue weighted by Crippen LogP contribution is -2.43. The number of piperidine rings is 1. The first-order chi connectivity index (χ1) is 15.8. The van der Waals surface area contributed by atoms with Gasteiger partial charge in [0.15, 0.2) is 0 Å². The van der Waals surface area contributed by atoms with Gasteiger partial charge in [-0.3, -0.25) is 4.79 Å². The van der Waals surface area contributed by atoms with Gasteiger partial charge in [-0.1, -0.05) is 61.0 Å². The highest BCUT2D eigenvalue weighted by Gasteiger charge is 2.35. The molecule has 0 bridgehead atoms. The lowest BCUT2D eigenvalue weighted by Gasteiger charge is -2.33. The minimum atomic E-state index is -3.77. The number of amidine groups is 1. The van der Waals surface area contributed by atoms with Gasteiger partial charge in [0.2, 0.25) is 5.91 Å². The molecule has 4 rings (SSSR count). The fraction of sp³-hybridized carbons (Fsp3) is 0.360. The van der Waals surface area contributed by atoms with Crippen LogP contribution in [0.5, 0.6) is 0 Å². The van der Waals surface area contributed by atoms with Crippen molar-refractivity contribution < 1.29 is 13.2 Å². The van der Waals surface area contributed by atoms with E-state index in [2.05, 4.69) is 28.8 Å². The van der Waals surface area contributed by atoms with E-state index in [1.54, 1.807) is 31.2 Å². The highest BCUT2D eigenvalue weighted by molar-refractivity contribution is 8.00. The number of rotatable bonds is 5. The van der Waals surface area contributed by atoms with E-state index in [-0.39, 0.29) is 22.6 Å². The molecule has 2 aliphatic heterocycles. The second-order valence-corrected chi connectivity index (χ2v) is 10.6. The molecule has 0 aliphatic carbocycles. The summed E-state index contributed by atoms with van der Waals surface area (Å²) in [6.45, 7) is 5.67. The third-order valence-corrected chi connectivity index (χ3v) is 8.09. The molecule has 1 N–H and O–H groups in total. The Morgan fingerprint density at radius 1 is 1.12 bits per heavy atom. The number of carbonyl (C=O) groups excluding carboxylic acids is 1. The van der Waals surface area contributed by atoms with Gasteiger partial charge in [-0.25, -0.2) is 0 Å². The molecule has 6 nitrogen and oxygen atoms in total. The number of sulfonamides is 1. The Hall–Kier alpha value is -2.64. The number of benzene rings is 2. The third-order valence-electron chi connectivity index (χ3n) is 6.36. The van der Waals surface area contributed by atoms with Gasteiger partial charge in [0.25, 0.3) is 10.0 Å². The van der Waals surface area contributed by atoms with Crippen LogP contribution >= 0.6 is 11.6 Å². The van der Waals surface area contributed by atoms with E-state index in [9.17, 15) is 13.2 Å². The maximum Gasteiger partial charge on any atom is 0.285 e. The summed E-state index contributed by atoms with van der Waals surface area (Å²) in [6.07, 6.45) is 1.32. The van der Waals surface area contributed by atoms with E-state index in [1.807, 2.05) is 23.1 Å². The molecule has 174 valence electrons. The molecular weight excluding hydrogens is 458 g/mol. The molecule has 1 saturated heterocycles. The molecule has 2 aliphatic rings. The molecule has 1 atom stereocenters. The predicted molar refractivity (Wildman–Crippen MR) is 133 cm³/mol. The molecule has 0 aromatic heterocycles. The third kappa shape index (κ3) is 5.14. The van der Waals surface area contributed by atoms with Crippen molar-refractivity contribution in [3.63, 3.8) is 0 Å². The molecule has 0 saturated carbocycles. The average molecular weight is 486 g/mol. The lowest BCUT2D eigenvalue weighted by atomic mass is 9.94. The zero-order valence-corrected chi connectivity index (χ0v) is 20.4. The highest BCUT2D eigenvalue weighted by Crippen LogP contribution is 2.35. The lowest BCUT2D eigenvalue weighted by molar-refractivity contribution is -0.126. The van der Waals surface area contributed by atoms with E-state index < -0.39 is 10.0 Å². The van der Waals surface area contributed by atoms with Crippen molar-refractivity contribution >= 4 is 38.3 Å². The van der Waals surface area contributed by atoms with Crippen molar-refractivity contribution in [1.82, 2.24) is 10.2 Å². The van der Waals surface area contributed by atoms with Crippen LogP contribution in [0.25, 0.3) is 4.91 Å².